The Balaban J connectivity index is 1.74. The molecule has 0 aliphatic carbocycles. The smallest absolute Gasteiger partial charge is 0.423 e. The molecule has 0 aromatic heterocycles. The van der Waals surface area contributed by atoms with Crippen molar-refractivity contribution in [3.63, 3.8) is 0 Å². The second-order valence-electron chi connectivity index (χ2n) is 4.40. The van der Waals surface area contributed by atoms with Crippen molar-refractivity contribution >= 4 is 18.3 Å². The third-order valence-electron chi connectivity index (χ3n) is 3.09. The van der Waals surface area contributed by atoms with Gasteiger partial charge < -0.3 is 14.5 Å². The molecule has 4 nitrogen and oxygen atoms in total. The van der Waals surface area contributed by atoms with E-state index in [0.717, 1.165) is 28.9 Å². The Morgan fingerprint density at radius 2 is 2.00 bits per heavy atom. The summed E-state index contributed by atoms with van der Waals surface area (Å²) < 4.78 is 5.21. The fraction of sp³-hybridized carbons (Fsp3) is 0.143. The van der Waals surface area contributed by atoms with E-state index < -0.39 is 7.12 Å². The molecule has 0 spiro atoms. The average molecular weight is 255 g/mol. The summed E-state index contributed by atoms with van der Waals surface area (Å²) in [5.74, 6) is 0.733. The summed E-state index contributed by atoms with van der Waals surface area (Å²) in [7, 11) is -0.845. The number of hydrogen-bond donors (Lipinski definition) is 2. The molecule has 0 atom stereocenters. The van der Waals surface area contributed by atoms with E-state index in [1.54, 1.807) is 0 Å². The normalized spacial score (nSPS) is 13.8. The molecule has 0 amide bonds. The standard InChI is InChI=1S/C14H14BNO3/c17-15-14-10-12(7-6-11(14)8-9-18-15)16-19-13-4-2-1-3-5-13/h1-7,10,16-17H,8-9H2. The molecule has 96 valence electrons. The highest BCUT2D eigenvalue weighted by Crippen LogP contribution is 2.14. The summed E-state index contributed by atoms with van der Waals surface area (Å²) in [5, 5.41) is 9.78. The summed E-state index contributed by atoms with van der Waals surface area (Å²) in [6, 6.07) is 15.2. The van der Waals surface area contributed by atoms with Crippen molar-refractivity contribution in [2.75, 3.05) is 12.1 Å². The molecule has 1 aliphatic heterocycles. The van der Waals surface area contributed by atoms with E-state index in [-0.39, 0.29) is 0 Å². The molecule has 2 aromatic rings. The highest BCUT2D eigenvalue weighted by atomic mass is 16.6. The van der Waals surface area contributed by atoms with Crippen LogP contribution in [0.15, 0.2) is 48.5 Å². The molecule has 0 saturated carbocycles. The van der Waals surface area contributed by atoms with E-state index in [9.17, 15) is 5.02 Å². The molecule has 3 rings (SSSR count). The summed E-state index contributed by atoms with van der Waals surface area (Å²) in [5.41, 5.74) is 5.56. The Morgan fingerprint density at radius 1 is 1.16 bits per heavy atom. The van der Waals surface area contributed by atoms with Crippen LogP contribution in [-0.4, -0.2) is 18.7 Å². The number of benzene rings is 2. The number of nitrogens with one attached hydrogen (secondary N) is 1. The Morgan fingerprint density at radius 3 is 2.84 bits per heavy atom. The SMILES string of the molecule is OB1OCCc2ccc(NOc3ccccc3)cc21. The molecule has 2 N–H and O–H groups in total. The van der Waals surface area contributed by atoms with Gasteiger partial charge in [-0.05, 0) is 41.7 Å². The van der Waals surface area contributed by atoms with E-state index in [0.29, 0.717) is 6.61 Å². The minimum Gasteiger partial charge on any atom is -0.423 e. The number of fused-ring (bicyclic) bond motifs is 1. The number of hydrogen-bond acceptors (Lipinski definition) is 4. The van der Waals surface area contributed by atoms with E-state index >= 15 is 0 Å². The van der Waals surface area contributed by atoms with Gasteiger partial charge in [-0.2, -0.15) is 0 Å². The Kier molecular flexibility index (Phi) is 3.40. The number of para-hydroxylation sites is 1. The van der Waals surface area contributed by atoms with Crippen LogP contribution in [0.25, 0.3) is 0 Å². The van der Waals surface area contributed by atoms with Crippen LogP contribution in [0.4, 0.5) is 5.69 Å². The van der Waals surface area contributed by atoms with Gasteiger partial charge in [-0.15, -0.1) is 0 Å². The van der Waals surface area contributed by atoms with Gasteiger partial charge >= 0.3 is 7.12 Å². The van der Waals surface area contributed by atoms with Crippen molar-refractivity contribution in [2.24, 2.45) is 0 Å². The van der Waals surface area contributed by atoms with Gasteiger partial charge in [0.25, 0.3) is 0 Å². The van der Waals surface area contributed by atoms with Crippen LogP contribution < -0.4 is 15.8 Å². The Labute approximate surface area is 112 Å². The Hall–Kier alpha value is -1.98. The van der Waals surface area contributed by atoms with Crippen LogP contribution in [0.1, 0.15) is 5.56 Å². The Bertz CT molecular complexity index is 562. The molecule has 0 saturated heterocycles. The molecule has 0 unspecified atom stereocenters. The van der Waals surface area contributed by atoms with Gasteiger partial charge in [0.2, 0.25) is 0 Å². The highest BCUT2D eigenvalue weighted by molar-refractivity contribution is 6.61. The van der Waals surface area contributed by atoms with Gasteiger partial charge in [0.1, 0.15) is 0 Å². The maximum Gasteiger partial charge on any atom is 0.491 e. The van der Waals surface area contributed by atoms with Crippen molar-refractivity contribution in [1.29, 1.82) is 0 Å². The van der Waals surface area contributed by atoms with Crippen molar-refractivity contribution in [3.8, 4) is 5.75 Å². The first-order chi connectivity index (χ1) is 9.33. The van der Waals surface area contributed by atoms with E-state index in [1.165, 1.54) is 0 Å². The number of rotatable bonds is 3. The topological polar surface area (TPSA) is 50.7 Å². The zero-order valence-electron chi connectivity index (χ0n) is 10.4. The van der Waals surface area contributed by atoms with Gasteiger partial charge in [-0.1, -0.05) is 24.3 Å². The number of anilines is 1. The molecular weight excluding hydrogens is 241 g/mol. The lowest BCUT2D eigenvalue weighted by molar-refractivity contribution is 0.266. The van der Waals surface area contributed by atoms with E-state index in [4.69, 9.17) is 9.49 Å². The van der Waals surface area contributed by atoms with E-state index in [1.807, 2.05) is 48.5 Å². The van der Waals surface area contributed by atoms with Gasteiger partial charge in [0, 0.05) is 6.61 Å². The monoisotopic (exact) mass is 255 g/mol. The van der Waals surface area contributed by atoms with Crippen molar-refractivity contribution < 1.29 is 14.5 Å². The van der Waals surface area contributed by atoms with Crippen molar-refractivity contribution in [3.05, 3.63) is 54.1 Å². The predicted octanol–water partition coefficient (Wildman–Crippen LogP) is 1.35. The maximum absolute atomic E-state index is 9.78. The molecule has 1 aliphatic rings. The average Bonchev–Trinajstić information content (AvgIpc) is 2.47. The lowest BCUT2D eigenvalue weighted by atomic mass is 9.73. The fourth-order valence-electron chi connectivity index (χ4n) is 2.09. The third kappa shape index (κ3) is 2.72. The van der Waals surface area contributed by atoms with Gasteiger partial charge in [-0.3, -0.25) is 0 Å². The quantitative estimate of drug-likeness (QED) is 0.642. The summed E-state index contributed by atoms with van der Waals surface area (Å²) in [6.07, 6.45) is 0.826. The summed E-state index contributed by atoms with van der Waals surface area (Å²) in [4.78, 5) is 5.45. The molecule has 2 aromatic carbocycles. The molecule has 5 heteroatoms. The highest BCUT2D eigenvalue weighted by Gasteiger charge is 2.24. The lowest BCUT2D eigenvalue weighted by Gasteiger charge is -2.20. The van der Waals surface area contributed by atoms with Crippen LogP contribution in [0.2, 0.25) is 0 Å². The minimum atomic E-state index is -0.845. The van der Waals surface area contributed by atoms with E-state index in [2.05, 4.69) is 5.48 Å². The first-order valence-corrected chi connectivity index (χ1v) is 6.23. The first kappa shape index (κ1) is 12.1. The van der Waals surface area contributed by atoms with Gasteiger partial charge in [-0.25, -0.2) is 5.48 Å². The molecular formula is C14H14BNO3. The van der Waals surface area contributed by atoms with Crippen molar-refractivity contribution in [1.82, 2.24) is 0 Å². The summed E-state index contributed by atoms with van der Waals surface area (Å²) in [6.45, 7) is 0.557. The second kappa shape index (κ2) is 5.34. The predicted molar refractivity (Wildman–Crippen MR) is 74.4 cm³/mol. The molecule has 0 bridgehead atoms. The molecule has 0 radical (unpaired) electrons. The van der Waals surface area contributed by atoms with Crippen LogP contribution in [0.3, 0.4) is 0 Å². The lowest BCUT2D eigenvalue weighted by Crippen LogP contribution is -2.41. The zero-order valence-corrected chi connectivity index (χ0v) is 10.4. The van der Waals surface area contributed by atoms with Gasteiger partial charge in [0.15, 0.2) is 5.75 Å². The molecule has 0 fully saturated rings. The fourth-order valence-corrected chi connectivity index (χ4v) is 2.09. The van der Waals surface area contributed by atoms with Crippen LogP contribution in [0, 0.1) is 0 Å². The zero-order chi connectivity index (χ0) is 13.1. The maximum atomic E-state index is 9.78. The molecule has 19 heavy (non-hydrogen) atoms. The van der Waals surface area contributed by atoms with Crippen molar-refractivity contribution in [2.45, 2.75) is 6.42 Å². The van der Waals surface area contributed by atoms with Crippen LogP contribution >= 0.6 is 0 Å². The minimum absolute atomic E-state index is 0.557. The first-order valence-electron chi connectivity index (χ1n) is 6.23. The van der Waals surface area contributed by atoms with Gasteiger partial charge in [0.05, 0.1) is 5.69 Å². The second-order valence-corrected chi connectivity index (χ2v) is 4.40. The molecule has 1 heterocycles. The largest absolute Gasteiger partial charge is 0.491 e. The van der Waals surface area contributed by atoms with Crippen LogP contribution in [-0.2, 0) is 11.1 Å². The third-order valence-corrected chi connectivity index (χ3v) is 3.09. The van der Waals surface area contributed by atoms with Crippen LogP contribution in [0.5, 0.6) is 5.75 Å². The summed E-state index contributed by atoms with van der Waals surface area (Å²) >= 11 is 0.